The van der Waals surface area contributed by atoms with Crippen LogP contribution in [0.3, 0.4) is 0 Å². The van der Waals surface area contributed by atoms with E-state index in [4.69, 9.17) is 0 Å². The van der Waals surface area contributed by atoms with Gasteiger partial charge in [0.15, 0.2) is 0 Å². The van der Waals surface area contributed by atoms with Crippen molar-refractivity contribution in [2.75, 3.05) is 19.6 Å². The van der Waals surface area contributed by atoms with Gasteiger partial charge in [-0.2, -0.15) is 0 Å². The fourth-order valence-corrected chi connectivity index (χ4v) is 3.76. The molecule has 1 saturated heterocycles. The average molecular weight is 280 g/mol. The Bertz CT molecular complexity index is 397. The third kappa shape index (κ3) is 4.04. The van der Waals surface area contributed by atoms with Crippen LogP contribution in [-0.2, 0) is 6.54 Å². The maximum absolute atomic E-state index is 3.72. The summed E-state index contributed by atoms with van der Waals surface area (Å²) in [4.78, 5) is 5.61. The summed E-state index contributed by atoms with van der Waals surface area (Å²) in [5.74, 6) is 0. The minimum atomic E-state index is 0.337. The first-order chi connectivity index (χ1) is 8.86. The van der Waals surface area contributed by atoms with E-state index in [-0.39, 0.29) is 0 Å². The summed E-state index contributed by atoms with van der Waals surface area (Å²) in [5.41, 5.74) is 1.78. The third-order valence-corrected chi connectivity index (χ3v) is 5.26. The second-order valence-electron chi connectivity index (χ2n) is 6.91. The predicted molar refractivity (Wildman–Crippen MR) is 84.9 cm³/mol. The Labute approximate surface area is 122 Å². The third-order valence-electron chi connectivity index (χ3n) is 4.12. The summed E-state index contributed by atoms with van der Waals surface area (Å²) in [6, 6.07) is 2.96. The molecule has 0 aliphatic carbocycles. The zero-order valence-corrected chi connectivity index (χ0v) is 13.9. The largest absolute Gasteiger partial charge is 0.312 e. The molecular formula is C16H28N2S. The first kappa shape index (κ1) is 15.0. The summed E-state index contributed by atoms with van der Waals surface area (Å²) < 4.78 is 0. The molecule has 1 unspecified atom stereocenters. The number of aryl methyl sites for hydroxylation is 2. The molecule has 1 aliphatic heterocycles. The lowest BCUT2D eigenvalue weighted by Crippen LogP contribution is -2.46. The highest BCUT2D eigenvalue weighted by Crippen LogP contribution is 2.25. The van der Waals surface area contributed by atoms with Crippen LogP contribution >= 0.6 is 11.3 Å². The molecular weight excluding hydrogens is 252 g/mol. The summed E-state index contributed by atoms with van der Waals surface area (Å²) >= 11 is 1.96. The lowest BCUT2D eigenvalue weighted by atomic mass is 9.86. The van der Waals surface area contributed by atoms with E-state index in [0.29, 0.717) is 11.5 Å². The minimum absolute atomic E-state index is 0.337. The fourth-order valence-electron chi connectivity index (χ4n) is 2.66. The molecule has 0 spiro atoms. The van der Waals surface area contributed by atoms with Gasteiger partial charge in [0.1, 0.15) is 0 Å². The number of hydrogen-bond acceptors (Lipinski definition) is 3. The molecule has 1 fully saturated rings. The van der Waals surface area contributed by atoms with Gasteiger partial charge in [0, 0.05) is 28.9 Å². The first-order valence-electron chi connectivity index (χ1n) is 7.38. The molecule has 0 amide bonds. The molecule has 0 radical (unpaired) electrons. The van der Waals surface area contributed by atoms with E-state index in [9.17, 15) is 0 Å². The fraction of sp³-hybridized carbons (Fsp3) is 0.750. The Kier molecular flexibility index (Phi) is 4.70. The Morgan fingerprint density at radius 3 is 2.68 bits per heavy atom. The van der Waals surface area contributed by atoms with Gasteiger partial charge in [0.25, 0.3) is 0 Å². The lowest BCUT2D eigenvalue weighted by molar-refractivity contribution is 0.193. The zero-order chi connectivity index (χ0) is 14.0. The van der Waals surface area contributed by atoms with Crippen molar-refractivity contribution in [1.82, 2.24) is 10.2 Å². The zero-order valence-electron chi connectivity index (χ0n) is 13.0. The van der Waals surface area contributed by atoms with Gasteiger partial charge in [0.2, 0.25) is 0 Å². The Balaban J connectivity index is 2.02. The predicted octanol–water partition coefficient (Wildman–Crippen LogP) is 3.57. The SMILES string of the molecule is Cc1cc(CN2CCCNC(C(C)(C)C)C2)sc1C. The molecule has 0 saturated carbocycles. The molecule has 19 heavy (non-hydrogen) atoms. The molecule has 0 aromatic carbocycles. The van der Waals surface area contributed by atoms with E-state index in [2.05, 4.69) is 50.9 Å². The summed E-state index contributed by atoms with van der Waals surface area (Å²) in [6.07, 6.45) is 1.26. The van der Waals surface area contributed by atoms with Crippen LogP contribution in [0.5, 0.6) is 0 Å². The molecule has 2 nitrogen and oxygen atoms in total. The van der Waals surface area contributed by atoms with Crippen LogP contribution in [0, 0.1) is 19.3 Å². The highest BCUT2D eigenvalue weighted by Gasteiger charge is 2.28. The first-order valence-corrected chi connectivity index (χ1v) is 8.19. The summed E-state index contributed by atoms with van der Waals surface area (Å²) in [5, 5.41) is 3.72. The van der Waals surface area contributed by atoms with Gasteiger partial charge in [0.05, 0.1) is 0 Å². The molecule has 1 atom stereocenters. The van der Waals surface area contributed by atoms with Crippen LogP contribution in [0.2, 0.25) is 0 Å². The van der Waals surface area contributed by atoms with Crippen molar-refractivity contribution in [3.8, 4) is 0 Å². The van der Waals surface area contributed by atoms with Crippen LogP contribution in [0.4, 0.5) is 0 Å². The lowest BCUT2D eigenvalue weighted by Gasteiger charge is -2.33. The molecule has 2 heterocycles. The topological polar surface area (TPSA) is 15.3 Å². The molecule has 2 rings (SSSR count). The van der Waals surface area contributed by atoms with Crippen LogP contribution in [-0.4, -0.2) is 30.6 Å². The van der Waals surface area contributed by atoms with Crippen molar-refractivity contribution in [1.29, 1.82) is 0 Å². The number of hydrogen-bond donors (Lipinski definition) is 1. The normalized spacial score (nSPS) is 22.5. The molecule has 1 aliphatic rings. The van der Waals surface area contributed by atoms with Gasteiger partial charge < -0.3 is 5.32 Å². The smallest absolute Gasteiger partial charge is 0.0328 e. The Hall–Kier alpha value is -0.380. The number of thiophene rings is 1. The second kappa shape index (κ2) is 5.94. The molecule has 1 aromatic heterocycles. The summed E-state index contributed by atoms with van der Waals surface area (Å²) in [7, 11) is 0. The molecule has 3 heteroatoms. The highest BCUT2D eigenvalue weighted by molar-refractivity contribution is 7.12. The van der Waals surface area contributed by atoms with Crippen LogP contribution in [0.25, 0.3) is 0 Å². The summed E-state index contributed by atoms with van der Waals surface area (Å²) in [6.45, 7) is 16.1. The second-order valence-corrected chi connectivity index (χ2v) is 8.25. The van der Waals surface area contributed by atoms with Gasteiger partial charge in [-0.05, 0) is 50.4 Å². The van der Waals surface area contributed by atoms with Gasteiger partial charge in [-0.15, -0.1) is 11.3 Å². The van der Waals surface area contributed by atoms with Crippen LogP contribution < -0.4 is 5.32 Å². The minimum Gasteiger partial charge on any atom is -0.312 e. The van der Waals surface area contributed by atoms with Crippen molar-refractivity contribution in [2.24, 2.45) is 5.41 Å². The number of nitrogens with one attached hydrogen (secondary N) is 1. The van der Waals surface area contributed by atoms with E-state index in [0.717, 1.165) is 13.1 Å². The van der Waals surface area contributed by atoms with E-state index >= 15 is 0 Å². The molecule has 108 valence electrons. The van der Waals surface area contributed by atoms with Gasteiger partial charge in [-0.25, -0.2) is 0 Å². The van der Waals surface area contributed by atoms with E-state index in [1.165, 1.54) is 34.8 Å². The van der Waals surface area contributed by atoms with Crippen molar-refractivity contribution in [3.63, 3.8) is 0 Å². The highest BCUT2D eigenvalue weighted by atomic mass is 32.1. The Morgan fingerprint density at radius 1 is 1.37 bits per heavy atom. The van der Waals surface area contributed by atoms with Gasteiger partial charge in [-0.1, -0.05) is 20.8 Å². The monoisotopic (exact) mass is 280 g/mol. The number of nitrogens with zero attached hydrogens (tertiary/aromatic N) is 1. The van der Waals surface area contributed by atoms with Crippen LogP contribution in [0.1, 0.15) is 42.5 Å². The van der Waals surface area contributed by atoms with Crippen LogP contribution in [0.15, 0.2) is 6.07 Å². The quantitative estimate of drug-likeness (QED) is 0.891. The molecule has 1 N–H and O–H groups in total. The van der Waals surface area contributed by atoms with Crippen molar-refractivity contribution in [3.05, 3.63) is 21.4 Å². The van der Waals surface area contributed by atoms with E-state index in [1.807, 2.05) is 11.3 Å². The Morgan fingerprint density at radius 2 is 2.11 bits per heavy atom. The molecule has 0 bridgehead atoms. The number of rotatable bonds is 2. The van der Waals surface area contributed by atoms with Gasteiger partial charge >= 0.3 is 0 Å². The van der Waals surface area contributed by atoms with Crippen molar-refractivity contribution < 1.29 is 0 Å². The maximum atomic E-state index is 3.72. The maximum Gasteiger partial charge on any atom is 0.0328 e. The van der Waals surface area contributed by atoms with Crippen molar-refractivity contribution in [2.45, 2.75) is 53.6 Å². The van der Waals surface area contributed by atoms with Crippen molar-refractivity contribution >= 4 is 11.3 Å². The average Bonchev–Trinajstić information content (AvgIpc) is 2.53. The van der Waals surface area contributed by atoms with Gasteiger partial charge in [-0.3, -0.25) is 4.90 Å². The standard InChI is InChI=1S/C16H28N2S/c1-12-9-14(19-13(12)2)10-18-8-6-7-17-15(11-18)16(3,4)5/h9,15,17H,6-8,10-11H2,1-5H3. The van der Waals surface area contributed by atoms with E-state index < -0.39 is 0 Å². The van der Waals surface area contributed by atoms with E-state index in [1.54, 1.807) is 0 Å². The molecule has 1 aromatic rings.